The molecular weight excluding hydrogens is 447 g/mol. The number of para-hydroxylation sites is 1. The highest BCUT2D eigenvalue weighted by Gasteiger charge is 2.28. The fourth-order valence-electron chi connectivity index (χ4n) is 3.55. The average molecular weight is 463 g/mol. The molecule has 0 amide bonds. The van der Waals surface area contributed by atoms with Gasteiger partial charge in [0.05, 0.1) is 23.4 Å². The highest BCUT2D eigenvalue weighted by atomic mass is 35.5. The topological polar surface area (TPSA) is 53.4 Å². The Balaban J connectivity index is 1.63. The fraction of sp³-hybridized carbons (Fsp3) is 0.0400. The van der Waals surface area contributed by atoms with Crippen LogP contribution in [0.5, 0.6) is 11.5 Å². The molecule has 0 fully saturated rings. The molecule has 5 rings (SSSR count). The number of ether oxygens (including phenoxy) is 2. The van der Waals surface area contributed by atoms with Crippen molar-refractivity contribution in [1.82, 2.24) is 9.78 Å². The lowest BCUT2D eigenvalue weighted by Crippen LogP contribution is -1.98. The molecule has 2 heterocycles. The zero-order valence-electron chi connectivity index (χ0n) is 16.9. The fourth-order valence-corrected chi connectivity index (χ4v) is 3.98. The van der Waals surface area contributed by atoms with Crippen molar-refractivity contribution in [3.63, 3.8) is 0 Å². The van der Waals surface area contributed by atoms with E-state index in [-0.39, 0.29) is 11.5 Å². The smallest absolute Gasteiger partial charge is 0.232 e. The molecule has 32 heavy (non-hydrogen) atoms. The van der Waals surface area contributed by atoms with Gasteiger partial charge in [-0.25, -0.2) is 4.68 Å². The van der Waals surface area contributed by atoms with Gasteiger partial charge in [0.1, 0.15) is 17.2 Å². The number of hydrogen-bond donors (Lipinski definition) is 0. The van der Waals surface area contributed by atoms with Crippen molar-refractivity contribution < 1.29 is 14.3 Å². The lowest BCUT2D eigenvalue weighted by atomic mass is 10.1. The van der Waals surface area contributed by atoms with E-state index in [1.165, 1.54) is 0 Å². The first-order valence-electron chi connectivity index (χ1n) is 9.76. The molecule has 0 spiro atoms. The number of benzene rings is 3. The molecule has 0 saturated heterocycles. The van der Waals surface area contributed by atoms with E-state index in [2.05, 4.69) is 0 Å². The van der Waals surface area contributed by atoms with Crippen LogP contribution in [0.1, 0.15) is 15.9 Å². The lowest BCUT2D eigenvalue weighted by Gasteiger charge is -2.05. The van der Waals surface area contributed by atoms with E-state index in [0.717, 1.165) is 11.3 Å². The summed E-state index contributed by atoms with van der Waals surface area (Å²) >= 11 is 12.4. The number of aromatic nitrogens is 2. The van der Waals surface area contributed by atoms with Gasteiger partial charge >= 0.3 is 0 Å². The molecule has 1 aliphatic rings. The normalized spacial score (nSPS) is 13.8. The van der Waals surface area contributed by atoms with Crippen LogP contribution in [0.15, 0.2) is 78.7 Å². The summed E-state index contributed by atoms with van der Waals surface area (Å²) in [6, 6.07) is 20.1. The molecule has 0 saturated carbocycles. The molecule has 3 aromatic carbocycles. The number of rotatable bonds is 4. The number of allylic oxidation sites excluding steroid dienone is 1. The molecule has 1 aromatic heterocycles. The Morgan fingerprint density at radius 1 is 1.03 bits per heavy atom. The Hall–Kier alpha value is -3.54. The summed E-state index contributed by atoms with van der Waals surface area (Å²) in [7, 11) is 1.56. The highest BCUT2D eigenvalue weighted by Crippen LogP contribution is 2.36. The molecule has 0 radical (unpaired) electrons. The maximum atomic E-state index is 12.9. The molecular formula is C25H16Cl2N2O3. The second-order valence-electron chi connectivity index (χ2n) is 7.14. The van der Waals surface area contributed by atoms with Crippen LogP contribution >= 0.6 is 23.2 Å². The summed E-state index contributed by atoms with van der Waals surface area (Å²) in [5, 5.41) is 5.71. The zero-order valence-corrected chi connectivity index (χ0v) is 18.4. The van der Waals surface area contributed by atoms with Crippen LogP contribution in [-0.4, -0.2) is 22.7 Å². The largest absolute Gasteiger partial charge is 0.495 e. The first kappa shape index (κ1) is 20.4. The molecule has 158 valence electrons. The van der Waals surface area contributed by atoms with Gasteiger partial charge in [-0.3, -0.25) is 4.79 Å². The number of halogens is 2. The van der Waals surface area contributed by atoms with Gasteiger partial charge in [0.15, 0.2) is 5.76 Å². The zero-order chi connectivity index (χ0) is 22.2. The second-order valence-corrected chi connectivity index (χ2v) is 7.99. The van der Waals surface area contributed by atoms with Crippen molar-refractivity contribution in [2.45, 2.75) is 0 Å². The summed E-state index contributed by atoms with van der Waals surface area (Å²) < 4.78 is 12.8. The van der Waals surface area contributed by atoms with Gasteiger partial charge in [-0.05, 0) is 54.6 Å². The molecule has 4 aromatic rings. The summed E-state index contributed by atoms with van der Waals surface area (Å²) in [4.78, 5) is 12.9. The van der Waals surface area contributed by atoms with Crippen molar-refractivity contribution >= 4 is 35.1 Å². The van der Waals surface area contributed by atoms with Crippen molar-refractivity contribution in [1.29, 1.82) is 0 Å². The number of fused-ring (bicyclic) bond motifs is 1. The predicted molar refractivity (Wildman–Crippen MR) is 125 cm³/mol. The van der Waals surface area contributed by atoms with E-state index in [4.69, 9.17) is 37.8 Å². The van der Waals surface area contributed by atoms with Crippen LogP contribution in [0.25, 0.3) is 23.0 Å². The number of carbonyl (C=O) groups excluding carboxylic acids is 1. The van der Waals surface area contributed by atoms with Gasteiger partial charge < -0.3 is 9.47 Å². The molecule has 0 unspecified atom stereocenters. The van der Waals surface area contributed by atoms with E-state index in [1.54, 1.807) is 48.2 Å². The van der Waals surface area contributed by atoms with Gasteiger partial charge in [0.25, 0.3) is 0 Å². The number of methoxy groups -OCH3 is 1. The average Bonchev–Trinajstić information content (AvgIpc) is 3.36. The van der Waals surface area contributed by atoms with Gasteiger partial charge in [-0.2, -0.15) is 5.10 Å². The minimum absolute atomic E-state index is 0.204. The molecule has 0 N–H and O–H groups in total. The minimum Gasteiger partial charge on any atom is -0.495 e. The summed E-state index contributed by atoms with van der Waals surface area (Å²) in [6.07, 6.45) is 3.54. The van der Waals surface area contributed by atoms with Crippen molar-refractivity contribution in [3.8, 4) is 28.4 Å². The predicted octanol–water partition coefficient (Wildman–Crippen LogP) is 6.47. The Morgan fingerprint density at radius 3 is 2.59 bits per heavy atom. The minimum atomic E-state index is -0.228. The molecule has 7 heteroatoms. The summed E-state index contributed by atoms with van der Waals surface area (Å²) in [6.45, 7) is 0. The SMILES string of the molecule is COc1ccc(-c2nn(-c3ccccc3)cc2/C=C2\Oc3ccc(Cl)cc3C2=O)cc1Cl. The van der Waals surface area contributed by atoms with Crippen LogP contribution in [0, 0.1) is 0 Å². The number of ketones is 1. The molecule has 0 bridgehead atoms. The Kier molecular flexibility index (Phi) is 5.21. The lowest BCUT2D eigenvalue weighted by molar-refractivity contribution is 0.101. The summed E-state index contributed by atoms with van der Waals surface area (Å²) in [5.74, 6) is 1.03. The third-order valence-corrected chi connectivity index (χ3v) is 5.64. The number of nitrogens with zero attached hydrogens (tertiary/aromatic N) is 2. The van der Waals surface area contributed by atoms with Gasteiger partial charge in [-0.1, -0.05) is 41.4 Å². The maximum absolute atomic E-state index is 12.9. The van der Waals surface area contributed by atoms with Crippen molar-refractivity contribution in [3.05, 3.63) is 99.9 Å². The Bertz CT molecular complexity index is 1380. The number of hydrogen-bond acceptors (Lipinski definition) is 4. The standard InChI is InChI=1S/C25H16Cl2N2O3/c1-31-22-9-7-15(11-20(22)27)24-16(14-29(28-24)18-5-3-2-4-6-18)12-23-25(30)19-13-17(26)8-10-21(19)32-23/h2-14H,1H3/b23-12-. The molecule has 1 aliphatic heterocycles. The molecule has 0 atom stereocenters. The van der Waals surface area contributed by atoms with E-state index < -0.39 is 0 Å². The summed E-state index contributed by atoms with van der Waals surface area (Å²) in [5.41, 5.74) is 3.46. The third kappa shape index (κ3) is 3.66. The van der Waals surface area contributed by atoms with Crippen LogP contribution in [0.4, 0.5) is 0 Å². The monoisotopic (exact) mass is 462 g/mol. The first-order valence-corrected chi connectivity index (χ1v) is 10.5. The Morgan fingerprint density at radius 2 is 1.84 bits per heavy atom. The quantitative estimate of drug-likeness (QED) is 0.326. The van der Waals surface area contributed by atoms with Gasteiger partial charge in [0.2, 0.25) is 5.78 Å². The van der Waals surface area contributed by atoms with Crippen molar-refractivity contribution in [2.75, 3.05) is 7.11 Å². The first-order chi connectivity index (χ1) is 15.5. The van der Waals surface area contributed by atoms with E-state index in [1.807, 2.05) is 42.6 Å². The second kappa shape index (κ2) is 8.19. The molecule has 0 aliphatic carbocycles. The van der Waals surface area contributed by atoms with Crippen LogP contribution < -0.4 is 9.47 Å². The van der Waals surface area contributed by atoms with Crippen LogP contribution in [-0.2, 0) is 0 Å². The van der Waals surface area contributed by atoms with Crippen molar-refractivity contribution in [2.24, 2.45) is 0 Å². The maximum Gasteiger partial charge on any atom is 0.232 e. The third-order valence-electron chi connectivity index (χ3n) is 5.11. The highest BCUT2D eigenvalue weighted by molar-refractivity contribution is 6.32. The van der Waals surface area contributed by atoms with Gasteiger partial charge in [-0.15, -0.1) is 0 Å². The van der Waals surface area contributed by atoms with E-state index >= 15 is 0 Å². The van der Waals surface area contributed by atoms with Crippen LogP contribution in [0.2, 0.25) is 10.0 Å². The number of Topliss-reactive ketones (excluding diaryl/α,β-unsaturated/α-hetero) is 1. The van der Waals surface area contributed by atoms with E-state index in [0.29, 0.717) is 38.4 Å². The Labute approximate surface area is 194 Å². The van der Waals surface area contributed by atoms with Gasteiger partial charge in [0, 0.05) is 22.3 Å². The number of carbonyl (C=O) groups is 1. The van der Waals surface area contributed by atoms with Crippen LogP contribution in [0.3, 0.4) is 0 Å². The molecule has 5 nitrogen and oxygen atoms in total. The van der Waals surface area contributed by atoms with E-state index in [9.17, 15) is 4.79 Å².